The SMILES string of the molecule is Brc1ccc(-c2ccc(Br)cc2)cc1.C.C.Nc1ccc(-c2ccccc2)cc1.[B].c1ccc(-c2ccc(N(c3ccc(-c4ccc(N(c5ccc(-c6ccccc6)cc5)c5ccc6c(c5)c5ccccc5n6-c5ccccc5)cc4)cc3)c3ccc4c(c3)c3ccccc3n4-c3ccccc3)cc2)cc1.c1ccc(-c2ccc(Nc3ccc(-c4ccc(Nc5ccc(-c6ccccc6)cc5)cc4)cc3)cc2)cc1. The van der Waals surface area contributed by atoms with Crippen LogP contribution in [0.15, 0.2) is 573 Å². The van der Waals surface area contributed by atoms with Crippen LogP contribution < -0.4 is 26.2 Å². The van der Waals surface area contributed by atoms with Crippen LogP contribution in [0.5, 0.6) is 0 Å². The lowest BCUT2D eigenvalue weighted by Crippen LogP contribution is -2.10. The summed E-state index contributed by atoms with van der Waals surface area (Å²) in [5.41, 5.74) is 43.4. The van der Waals surface area contributed by atoms with E-state index in [1.165, 1.54) is 122 Å². The number of nitrogens with two attached hydrogens (primary N) is 1. The average molecular weight is 1980 g/mol. The molecule has 3 radical (unpaired) electrons. The Morgan fingerprint density at radius 1 is 0.174 bits per heavy atom. The van der Waals surface area contributed by atoms with Gasteiger partial charge in [-0.25, -0.2) is 0 Å². The molecule has 22 aromatic carbocycles. The van der Waals surface area contributed by atoms with E-state index >= 15 is 0 Å². The molecule has 4 N–H and O–H groups in total. The number of nitrogen functional groups attached to an aromatic ring is 1. The van der Waals surface area contributed by atoms with E-state index < -0.39 is 0 Å². The molecule has 24 aromatic rings. The quantitative estimate of drug-likeness (QED) is 0.0524. The summed E-state index contributed by atoms with van der Waals surface area (Å²) >= 11 is 6.84. The molecule has 0 bridgehead atoms. The summed E-state index contributed by atoms with van der Waals surface area (Å²) in [4.78, 5) is 4.76. The van der Waals surface area contributed by atoms with Gasteiger partial charge in [0.05, 0.1) is 22.1 Å². The van der Waals surface area contributed by atoms with Gasteiger partial charge in [-0.2, -0.15) is 0 Å². The fourth-order valence-corrected chi connectivity index (χ4v) is 19.0. The van der Waals surface area contributed by atoms with Crippen LogP contribution in [-0.2, 0) is 0 Å². The Labute approximate surface area is 863 Å². The van der Waals surface area contributed by atoms with Crippen molar-refractivity contribution < 1.29 is 0 Å². The number of para-hydroxylation sites is 4. The van der Waals surface area contributed by atoms with E-state index in [0.29, 0.717) is 0 Å². The van der Waals surface area contributed by atoms with Gasteiger partial charge in [0.25, 0.3) is 0 Å². The average Bonchev–Trinajstić information content (AvgIpc) is 1.59. The number of nitrogens with one attached hydrogen (secondary N) is 2. The maximum absolute atomic E-state index is 5.60. The molecule has 693 valence electrons. The first-order valence-corrected chi connectivity index (χ1v) is 49.0. The summed E-state index contributed by atoms with van der Waals surface area (Å²) in [6, 6.07) is 200. The highest BCUT2D eigenvalue weighted by atomic mass is 79.9. The van der Waals surface area contributed by atoms with Crippen LogP contribution in [0, 0.1) is 0 Å². The Bertz CT molecular complexity index is 7830. The molecule has 10 heteroatoms. The molecule has 0 atom stereocenters. The second kappa shape index (κ2) is 45.6. The third kappa shape index (κ3) is 22.2. The molecule has 0 spiro atoms. The van der Waals surface area contributed by atoms with Crippen molar-refractivity contribution in [2.75, 3.05) is 26.2 Å². The lowest BCUT2D eigenvalue weighted by atomic mass is 10.0. The highest BCUT2D eigenvalue weighted by molar-refractivity contribution is 9.10. The van der Waals surface area contributed by atoms with Gasteiger partial charge in [-0.15, -0.1) is 0 Å². The molecule has 0 unspecified atom stereocenters. The molecule has 24 rings (SSSR count). The number of halogens is 2. The van der Waals surface area contributed by atoms with E-state index in [4.69, 9.17) is 5.73 Å². The maximum Gasteiger partial charge on any atom is 0.0542 e. The fourth-order valence-electron chi connectivity index (χ4n) is 18.4. The summed E-state index contributed by atoms with van der Waals surface area (Å²) in [6.07, 6.45) is 0. The Morgan fingerprint density at radius 2 is 0.354 bits per heavy atom. The van der Waals surface area contributed by atoms with E-state index in [0.717, 1.165) is 94.0 Å². The lowest BCUT2D eigenvalue weighted by Gasteiger charge is -2.27. The predicted molar refractivity (Wildman–Crippen MR) is 626 cm³/mol. The Balaban J connectivity index is 0.000000164. The van der Waals surface area contributed by atoms with Crippen LogP contribution >= 0.6 is 31.9 Å². The summed E-state index contributed by atoms with van der Waals surface area (Å²) in [5.74, 6) is 0. The largest absolute Gasteiger partial charge is 0.399 e. The number of rotatable bonds is 20. The first-order chi connectivity index (χ1) is 69.6. The normalized spacial score (nSPS) is 10.7. The van der Waals surface area contributed by atoms with Crippen LogP contribution in [0.3, 0.4) is 0 Å². The maximum atomic E-state index is 5.60. The molecule has 0 fully saturated rings. The number of hydrogen-bond acceptors (Lipinski definition) is 5. The monoisotopic (exact) mass is 1980 g/mol. The molecular formula is C134H105BBr2N7. The Hall–Kier alpha value is -17.5. The first kappa shape index (κ1) is 96.7. The number of hydrogen-bond donors (Lipinski definition) is 3. The van der Waals surface area contributed by atoms with Gasteiger partial charge in [0.15, 0.2) is 0 Å². The summed E-state index contributed by atoms with van der Waals surface area (Å²) < 4.78 is 6.97. The zero-order valence-corrected chi connectivity index (χ0v) is 81.1. The standard InChI is InChI=1S/C72H50N4.C36H28N2.C12H8Br2.C12H11N.2CH4.B/c1-5-17-51(18-6-1)53-29-37-59(38-30-53)73(63-45-47-71-67(49-63)65-25-13-15-27-69(65)75(71)57-21-9-3-10-22-57)61-41-33-55(34-42-61)56-35-43-62(44-36-56)74(60-39-31-54(32-40-60)52-19-7-2-8-20-52)64-46-48-72-68(50-64)66-26-14-16-28-70(66)76(72)58-23-11-4-12-24-58;1-3-7-27(8-4-1)29-11-19-33(20-12-29)37-35-23-15-31(16-24-35)32-17-25-36(26-18-32)38-34-21-13-30(14-22-34)28-9-5-2-6-10-28;13-11-5-1-9(2-6-11)10-3-7-12(14)8-4-10;13-12-8-6-11(7-9-12)10-4-2-1-3-5-10;;;/h1-50H;1-26,37-38H;1-8H;1-9H,13H2;2*1H4;. The van der Waals surface area contributed by atoms with Gasteiger partial charge in [-0.3, -0.25) is 0 Å². The van der Waals surface area contributed by atoms with Gasteiger partial charge < -0.3 is 35.3 Å². The van der Waals surface area contributed by atoms with E-state index in [2.05, 4.69) is 571 Å². The molecule has 0 aliphatic rings. The third-order valence-electron chi connectivity index (χ3n) is 25.6. The number of anilines is 11. The van der Waals surface area contributed by atoms with Gasteiger partial charge in [0.2, 0.25) is 0 Å². The van der Waals surface area contributed by atoms with Crippen molar-refractivity contribution in [1.29, 1.82) is 0 Å². The molecule has 0 aliphatic heterocycles. The zero-order chi connectivity index (χ0) is 95.0. The van der Waals surface area contributed by atoms with E-state index in [1.807, 2.05) is 54.6 Å². The Kier molecular flexibility index (Phi) is 30.6. The van der Waals surface area contributed by atoms with Crippen molar-refractivity contribution in [3.05, 3.63) is 573 Å². The van der Waals surface area contributed by atoms with Crippen molar-refractivity contribution in [3.63, 3.8) is 0 Å². The Morgan fingerprint density at radius 3 is 0.597 bits per heavy atom. The van der Waals surface area contributed by atoms with Gasteiger partial charge in [-0.05, 0) is 295 Å². The van der Waals surface area contributed by atoms with E-state index in [-0.39, 0.29) is 23.3 Å². The van der Waals surface area contributed by atoms with Crippen molar-refractivity contribution in [3.8, 4) is 100 Å². The second-order valence-electron chi connectivity index (χ2n) is 34.7. The summed E-state index contributed by atoms with van der Waals surface area (Å²) in [5, 5.41) is 11.9. The van der Waals surface area contributed by atoms with Crippen molar-refractivity contribution in [1.82, 2.24) is 9.13 Å². The molecule has 0 saturated heterocycles. The predicted octanol–water partition coefficient (Wildman–Crippen LogP) is 38.7. The van der Waals surface area contributed by atoms with E-state index in [1.54, 1.807) is 0 Å². The zero-order valence-electron chi connectivity index (χ0n) is 77.9. The molecule has 0 amide bonds. The van der Waals surface area contributed by atoms with Crippen LogP contribution in [-0.4, -0.2) is 17.5 Å². The van der Waals surface area contributed by atoms with Gasteiger partial charge in [-0.1, -0.05) is 405 Å². The van der Waals surface area contributed by atoms with Crippen LogP contribution in [0.2, 0.25) is 0 Å². The van der Waals surface area contributed by atoms with Gasteiger partial charge >= 0.3 is 0 Å². The van der Waals surface area contributed by atoms with Gasteiger partial charge in [0.1, 0.15) is 0 Å². The smallest absolute Gasteiger partial charge is 0.0542 e. The summed E-state index contributed by atoms with van der Waals surface area (Å²) in [7, 11) is 0. The van der Waals surface area contributed by atoms with E-state index in [9.17, 15) is 0 Å². The highest BCUT2D eigenvalue weighted by Crippen LogP contribution is 2.45. The minimum atomic E-state index is 0. The fraction of sp³-hybridized carbons (Fsp3) is 0.0149. The van der Waals surface area contributed by atoms with Crippen molar-refractivity contribution >= 4 is 146 Å². The number of nitrogens with zero attached hydrogens (tertiary/aromatic N) is 4. The number of benzene rings is 22. The molecule has 0 saturated carbocycles. The summed E-state index contributed by atoms with van der Waals surface area (Å²) in [6.45, 7) is 0. The van der Waals surface area contributed by atoms with Crippen LogP contribution in [0.4, 0.5) is 62.6 Å². The van der Waals surface area contributed by atoms with Gasteiger partial charge in [0, 0.05) is 113 Å². The lowest BCUT2D eigenvalue weighted by molar-refractivity contribution is 1.18. The van der Waals surface area contributed by atoms with Crippen molar-refractivity contribution in [2.45, 2.75) is 14.9 Å². The third-order valence-corrected chi connectivity index (χ3v) is 26.7. The number of fused-ring (bicyclic) bond motifs is 6. The number of aromatic nitrogens is 2. The molecule has 144 heavy (non-hydrogen) atoms. The first-order valence-electron chi connectivity index (χ1n) is 47.4. The highest BCUT2D eigenvalue weighted by Gasteiger charge is 2.22. The topological polar surface area (TPSA) is 66.4 Å². The minimum absolute atomic E-state index is 0. The van der Waals surface area contributed by atoms with Crippen LogP contribution in [0.25, 0.3) is 144 Å². The van der Waals surface area contributed by atoms with Crippen LogP contribution in [0.1, 0.15) is 14.9 Å². The second-order valence-corrected chi connectivity index (χ2v) is 36.5. The molecule has 7 nitrogen and oxygen atoms in total. The molecule has 2 aromatic heterocycles. The van der Waals surface area contributed by atoms with Crippen molar-refractivity contribution in [2.24, 2.45) is 0 Å². The molecule has 0 aliphatic carbocycles. The molecular weight excluding hydrogens is 1880 g/mol. The molecule has 2 heterocycles. The minimum Gasteiger partial charge on any atom is -0.399 e.